The van der Waals surface area contributed by atoms with Crippen molar-refractivity contribution in [1.82, 2.24) is 0 Å². The second-order valence-corrected chi connectivity index (χ2v) is 9.12. The van der Waals surface area contributed by atoms with Crippen LogP contribution >= 0.6 is 0 Å². The lowest BCUT2D eigenvalue weighted by Gasteiger charge is -2.53. The largest absolute Gasteiger partial charge is 0.496 e. The Morgan fingerprint density at radius 3 is 2.24 bits per heavy atom. The molecule has 9 heteroatoms. The van der Waals surface area contributed by atoms with Crippen LogP contribution in [0.15, 0.2) is 12.1 Å². The van der Waals surface area contributed by atoms with Crippen molar-refractivity contribution in [1.29, 1.82) is 21.2 Å². The van der Waals surface area contributed by atoms with E-state index in [1.54, 1.807) is 12.1 Å². The Kier molecular flexibility index (Phi) is 5.84. The van der Waals surface area contributed by atoms with E-state index in [0.717, 1.165) is 19.3 Å². The number of nitrogens with one attached hydrogen (secondary N) is 1. The molecule has 0 amide bonds. The molecule has 2 bridgehead atoms. The molecule has 9 nitrogen and oxygen atoms in total. The smallest absolute Gasteiger partial charge is 0.217 e. The van der Waals surface area contributed by atoms with Crippen molar-refractivity contribution in [3.8, 4) is 35.5 Å². The van der Waals surface area contributed by atoms with Gasteiger partial charge in [-0.1, -0.05) is 19.8 Å². The second kappa shape index (κ2) is 8.38. The van der Waals surface area contributed by atoms with E-state index in [2.05, 4.69) is 25.1 Å². The molecule has 34 heavy (non-hydrogen) atoms. The summed E-state index contributed by atoms with van der Waals surface area (Å²) >= 11 is 0. The Labute approximate surface area is 199 Å². The zero-order chi connectivity index (χ0) is 24.7. The predicted octanol–water partition coefficient (Wildman–Crippen LogP) is 4.25. The fraction of sp³-hybridized carbons (Fsp3) is 0.600. The monoisotopic (exact) mass is 464 g/mol. The summed E-state index contributed by atoms with van der Waals surface area (Å²) in [6, 6.07) is 9.62. The zero-order valence-corrected chi connectivity index (χ0v) is 19.8. The van der Waals surface area contributed by atoms with Gasteiger partial charge in [-0.2, -0.15) is 15.8 Å². The molecule has 5 atom stereocenters. The van der Waals surface area contributed by atoms with Crippen LogP contribution in [0.2, 0.25) is 0 Å². The van der Waals surface area contributed by atoms with E-state index in [-0.39, 0.29) is 5.90 Å². The standard InChI is InChI=1S/C25H28N4O5/c1-5-6-15-7-8-25-20(9-15)24(14-28,22(29)34-25)23(12-26,13-27)21(33-25)16-10-18(31-3)19(32-4)11-17(16)30-2/h10-11,15,20-21,29H,5-9H2,1-4H3. The van der Waals surface area contributed by atoms with Crippen molar-refractivity contribution >= 4 is 5.90 Å². The Hall–Kier alpha value is -3.48. The van der Waals surface area contributed by atoms with Crippen molar-refractivity contribution in [3.05, 3.63) is 17.7 Å². The van der Waals surface area contributed by atoms with E-state index >= 15 is 0 Å². The normalized spacial score (nSPS) is 32.9. The highest BCUT2D eigenvalue weighted by atomic mass is 16.7. The van der Waals surface area contributed by atoms with Crippen LogP contribution in [0.1, 0.15) is 50.7 Å². The topological polar surface area (TPSA) is 141 Å². The lowest BCUT2D eigenvalue weighted by Crippen LogP contribution is -2.61. The van der Waals surface area contributed by atoms with Gasteiger partial charge in [0, 0.05) is 18.1 Å². The number of hydrogen-bond acceptors (Lipinski definition) is 9. The molecule has 1 aliphatic carbocycles. The number of rotatable bonds is 6. The van der Waals surface area contributed by atoms with Crippen LogP contribution in [0.4, 0.5) is 0 Å². The Bertz CT molecular complexity index is 1120. The molecule has 2 saturated heterocycles. The van der Waals surface area contributed by atoms with Gasteiger partial charge < -0.3 is 23.7 Å². The van der Waals surface area contributed by atoms with Crippen LogP contribution in [0.3, 0.4) is 0 Å². The molecule has 1 N–H and O–H groups in total. The van der Waals surface area contributed by atoms with Crippen molar-refractivity contribution in [3.63, 3.8) is 0 Å². The summed E-state index contributed by atoms with van der Waals surface area (Å²) in [4.78, 5) is 0. The highest BCUT2D eigenvalue weighted by molar-refractivity contribution is 5.89. The molecule has 2 heterocycles. The predicted molar refractivity (Wildman–Crippen MR) is 119 cm³/mol. The molecule has 3 fully saturated rings. The van der Waals surface area contributed by atoms with Gasteiger partial charge in [0.05, 0.1) is 45.5 Å². The number of hydrogen-bond donors (Lipinski definition) is 1. The van der Waals surface area contributed by atoms with Crippen molar-refractivity contribution < 1.29 is 23.7 Å². The number of nitriles is 3. The number of methoxy groups -OCH3 is 3. The molecule has 5 unspecified atom stereocenters. The lowest BCUT2D eigenvalue weighted by atomic mass is 9.50. The highest BCUT2D eigenvalue weighted by Gasteiger charge is 2.81. The Morgan fingerprint density at radius 2 is 1.68 bits per heavy atom. The minimum atomic E-state index is -2.05. The van der Waals surface area contributed by atoms with E-state index < -0.39 is 28.6 Å². The molecular weight excluding hydrogens is 436 g/mol. The number of nitrogens with zero attached hydrogens (tertiary/aromatic N) is 3. The van der Waals surface area contributed by atoms with Crippen molar-refractivity contribution in [2.75, 3.05) is 21.3 Å². The van der Waals surface area contributed by atoms with Gasteiger partial charge >= 0.3 is 0 Å². The molecule has 0 radical (unpaired) electrons. The first-order valence-corrected chi connectivity index (χ1v) is 11.4. The quantitative estimate of drug-likeness (QED) is 0.658. The Balaban J connectivity index is 1.97. The average molecular weight is 465 g/mol. The maximum absolute atomic E-state index is 10.6. The SMILES string of the molecule is CCCC1CCC23OC(=N)C(C#N)(C2C1)C(C#N)(C#N)C(c1cc(OC)c(OC)cc1OC)O3. The summed E-state index contributed by atoms with van der Waals surface area (Å²) in [7, 11) is 4.42. The second-order valence-electron chi connectivity index (χ2n) is 9.12. The summed E-state index contributed by atoms with van der Waals surface area (Å²) < 4.78 is 29.0. The lowest BCUT2D eigenvalue weighted by molar-refractivity contribution is -0.299. The van der Waals surface area contributed by atoms with Crippen LogP contribution < -0.4 is 14.2 Å². The minimum Gasteiger partial charge on any atom is -0.496 e. The molecular formula is C25H28N4O5. The van der Waals surface area contributed by atoms with Gasteiger partial charge in [0.15, 0.2) is 16.9 Å². The van der Waals surface area contributed by atoms with Crippen molar-refractivity contribution in [2.24, 2.45) is 22.7 Å². The van der Waals surface area contributed by atoms with Crippen molar-refractivity contribution in [2.45, 2.75) is 50.9 Å². The van der Waals surface area contributed by atoms with E-state index in [4.69, 9.17) is 29.1 Å². The molecule has 3 aliphatic rings. The molecule has 4 rings (SSSR count). The number of benzene rings is 1. The highest BCUT2D eigenvalue weighted by Crippen LogP contribution is 2.70. The molecule has 1 aromatic rings. The van der Waals surface area contributed by atoms with E-state index in [1.165, 1.54) is 21.3 Å². The van der Waals surface area contributed by atoms with Gasteiger partial charge in [-0.3, -0.25) is 5.41 Å². The van der Waals surface area contributed by atoms with Crippen LogP contribution in [0.25, 0.3) is 0 Å². The molecule has 178 valence electrons. The summed E-state index contributed by atoms with van der Waals surface area (Å²) in [5, 5.41) is 40.3. The van der Waals surface area contributed by atoms with Crippen LogP contribution in [0, 0.1) is 62.1 Å². The van der Waals surface area contributed by atoms with Crippen LogP contribution in [-0.4, -0.2) is 33.0 Å². The molecule has 2 aliphatic heterocycles. The first-order valence-electron chi connectivity index (χ1n) is 11.4. The summed E-state index contributed by atoms with van der Waals surface area (Å²) in [6.07, 6.45) is 2.54. The van der Waals surface area contributed by atoms with Gasteiger partial charge in [0.2, 0.25) is 17.1 Å². The van der Waals surface area contributed by atoms with Gasteiger partial charge in [-0.15, -0.1) is 0 Å². The third-order valence-electron chi connectivity index (χ3n) is 7.73. The van der Waals surface area contributed by atoms with Gasteiger partial charge in [-0.25, -0.2) is 0 Å². The molecule has 1 saturated carbocycles. The van der Waals surface area contributed by atoms with Gasteiger partial charge in [-0.05, 0) is 24.8 Å². The summed E-state index contributed by atoms with van der Waals surface area (Å²) in [6.45, 7) is 2.10. The number of ether oxygens (including phenoxy) is 5. The van der Waals surface area contributed by atoms with Crippen LogP contribution in [0.5, 0.6) is 17.2 Å². The summed E-state index contributed by atoms with van der Waals surface area (Å²) in [5.41, 5.74) is -3.48. The van der Waals surface area contributed by atoms with E-state index in [1.807, 2.05) is 0 Å². The first-order chi connectivity index (χ1) is 16.4. The van der Waals surface area contributed by atoms with E-state index in [0.29, 0.717) is 41.6 Å². The molecule has 0 spiro atoms. The van der Waals surface area contributed by atoms with Gasteiger partial charge in [0.25, 0.3) is 0 Å². The fourth-order valence-corrected chi connectivity index (χ4v) is 6.12. The Morgan fingerprint density at radius 1 is 1.03 bits per heavy atom. The average Bonchev–Trinajstić information content (AvgIpc) is 3.06. The maximum Gasteiger partial charge on any atom is 0.217 e. The zero-order valence-electron chi connectivity index (χ0n) is 19.8. The molecule has 0 aromatic heterocycles. The summed E-state index contributed by atoms with van der Waals surface area (Å²) in [5.74, 6) is -0.880. The fourth-order valence-electron chi connectivity index (χ4n) is 6.12. The van der Waals surface area contributed by atoms with Gasteiger partial charge in [0.1, 0.15) is 11.9 Å². The first kappa shape index (κ1) is 23.7. The van der Waals surface area contributed by atoms with Crippen LogP contribution in [-0.2, 0) is 9.47 Å². The molecule has 1 aromatic carbocycles. The third kappa shape index (κ3) is 2.82. The maximum atomic E-state index is 10.6. The minimum absolute atomic E-state index is 0.302. The van der Waals surface area contributed by atoms with E-state index in [9.17, 15) is 15.8 Å². The third-order valence-corrected chi connectivity index (χ3v) is 7.73.